The highest BCUT2D eigenvalue weighted by molar-refractivity contribution is 5.41. The van der Waals surface area contributed by atoms with Gasteiger partial charge in [-0.25, -0.2) is 0 Å². The summed E-state index contributed by atoms with van der Waals surface area (Å²) in [5.41, 5.74) is 3.87. The van der Waals surface area contributed by atoms with Crippen molar-refractivity contribution in [1.29, 1.82) is 0 Å². The molecule has 2 rings (SSSR count). The summed E-state index contributed by atoms with van der Waals surface area (Å²) in [5.74, 6) is 1.06. The van der Waals surface area contributed by atoms with Crippen LogP contribution in [-0.2, 0) is 4.74 Å². The lowest BCUT2D eigenvalue weighted by Crippen LogP contribution is -2.36. The van der Waals surface area contributed by atoms with Crippen LogP contribution in [0.4, 0.5) is 0 Å². The summed E-state index contributed by atoms with van der Waals surface area (Å²) in [5, 5.41) is 0. The molecule has 1 aliphatic heterocycles. The zero-order chi connectivity index (χ0) is 15.1. The second-order valence-corrected chi connectivity index (χ2v) is 6.07. The first-order chi connectivity index (χ1) is 10.2. The molecule has 0 amide bonds. The van der Waals surface area contributed by atoms with E-state index in [1.165, 1.54) is 36.1 Å². The third kappa shape index (κ3) is 5.33. The Bertz CT molecular complexity index is 439. The average Bonchev–Trinajstić information content (AvgIpc) is 2.48. The van der Waals surface area contributed by atoms with E-state index in [9.17, 15) is 0 Å². The first-order valence-corrected chi connectivity index (χ1v) is 8.17. The van der Waals surface area contributed by atoms with E-state index in [2.05, 4.69) is 37.8 Å². The molecule has 0 spiro atoms. The summed E-state index contributed by atoms with van der Waals surface area (Å²) < 4.78 is 11.3. The highest BCUT2D eigenvalue weighted by Gasteiger charge is 2.09. The van der Waals surface area contributed by atoms with Crippen LogP contribution in [0.5, 0.6) is 5.75 Å². The summed E-state index contributed by atoms with van der Waals surface area (Å²) in [6, 6.07) is 4.36. The summed E-state index contributed by atoms with van der Waals surface area (Å²) in [6.45, 7) is 12.4. The number of rotatable bonds is 7. The number of aryl methyl sites for hydroxylation is 2. The van der Waals surface area contributed by atoms with Crippen LogP contribution in [0.3, 0.4) is 0 Å². The van der Waals surface area contributed by atoms with Gasteiger partial charge in [-0.05, 0) is 69.3 Å². The number of ether oxygens (including phenoxy) is 2. The van der Waals surface area contributed by atoms with Gasteiger partial charge in [-0.3, -0.25) is 4.90 Å². The van der Waals surface area contributed by atoms with Gasteiger partial charge in [-0.1, -0.05) is 6.07 Å². The van der Waals surface area contributed by atoms with Crippen molar-refractivity contribution in [3.05, 3.63) is 28.8 Å². The van der Waals surface area contributed by atoms with Crippen molar-refractivity contribution in [1.82, 2.24) is 4.90 Å². The Balaban J connectivity index is 1.61. The van der Waals surface area contributed by atoms with Crippen LogP contribution in [0.25, 0.3) is 0 Å². The van der Waals surface area contributed by atoms with Gasteiger partial charge in [-0.15, -0.1) is 0 Å². The molecule has 0 aliphatic carbocycles. The molecule has 0 bridgehead atoms. The van der Waals surface area contributed by atoms with Crippen molar-refractivity contribution in [2.45, 2.75) is 40.0 Å². The van der Waals surface area contributed by atoms with E-state index >= 15 is 0 Å². The Hall–Kier alpha value is -1.06. The fraction of sp³-hybridized carbons (Fsp3) is 0.667. The second-order valence-electron chi connectivity index (χ2n) is 6.07. The smallest absolute Gasteiger partial charge is 0.122 e. The summed E-state index contributed by atoms with van der Waals surface area (Å²) in [7, 11) is 0. The van der Waals surface area contributed by atoms with Gasteiger partial charge in [0.25, 0.3) is 0 Å². The van der Waals surface area contributed by atoms with E-state index in [1.54, 1.807) is 0 Å². The van der Waals surface area contributed by atoms with Crippen LogP contribution < -0.4 is 4.74 Å². The Kier molecular flexibility index (Phi) is 6.52. The third-order valence-corrected chi connectivity index (χ3v) is 4.24. The molecule has 0 unspecified atom stereocenters. The number of hydrogen-bond acceptors (Lipinski definition) is 3. The molecule has 0 aromatic heterocycles. The van der Waals surface area contributed by atoms with Gasteiger partial charge in [0.2, 0.25) is 0 Å². The molecule has 1 aromatic rings. The largest absolute Gasteiger partial charge is 0.493 e. The zero-order valence-corrected chi connectivity index (χ0v) is 13.8. The summed E-state index contributed by atoms with van der Waals surface area (Å²) >= 11 is 0. The van der Waals surface area contributed by atoms with Crippen molar-refractivity contribution in [2.75, 3.05) is 39.5 Å². The summed E-state index contributed by atoms with van der Waals surface area (Å²) in [6.07, 6.45) is 3.63. The van der Waals surface area contributed by atoms with Gasteiger partial charge < -0.3 is 9.47 Å². The Morgan fingerprint density at radius 1 is 1.05 bits per heavy atom. The molecule has 1 saturated heterocycles. The monoisotopic (exact) mass is 291 g/mol. The molecular formula is C18H29NO2. The molecule has 21 heavy (non-hydrogen) atoms. The van der Waals surface area contributed by atoms with Gasteiger partial charge in [0.15, 0.2) is 0 Å². The van der Waals surface area contributed by atoms with Gasteiger partial charge in [0.1, 0.15) is 5.75 Å². The number of hydrogen-bond donors (Lipinski definition) is 0. The number of unbranched alkanes of at least 4 members (excludes halogenated alkanes) is 2. The Morgan fingerprint density at radius 3 is 2.57 bits per heavy atom. The quantitative estimate of drug-likeness (QED) is 0.718. The van der Waals surface area contributed by atoms with E-state index in [0.717, 1.165) is 45.1 Å². The molecular weight excluding hydrogens is 262 g/mol. The van der Waals surface area contributed by atoms with E-state index in [-0.39, 0.29) is 0 Å². The van der Waals surface area contributed by atoms with Gasteiger partial charge in [-0.2, -0.15) is 0 Å². The Morgan fingerprint density at radius 2 is 1.81 bits per heavy atom. The van der Waals surface area contributed by atoms with Crippen molar-refractivity contribution >= 4 is 0 Å². The maximum absolute atomic E-state index is 5.96. The fourth-order valence-corrected chi connectivity index (χ4v) is 2.77. The normalized spacial score (nSPS) is 16.1. The minimum Gasteiger partial charge on any atom is -0.493 e. The highest BCUT2D eigenvalue weighted by atomic mass is 16.5. The molecule has 1 fully saturated rings. The lowest BCUT2D eigenvalue weighted by atomic mass is 10.1. The average molecular weight is 291 g/mol. The maximum atomic E-state index is 5.96. The molecule has 0 atom stereocenters. The molecule has 1 aliphatic rings. The molecule has 1 aromatic carbocycles. The number of benzene rings is 1. The topological polar surface area (TPSA) is 21.7 Å². The van der Waals surface area contributed by atoms with Crippen LogP contribution in [0.2, 0.25) is 0 Å². The first kappa shape index (κ1) is 16.3. The van der Waals surface area contributed by atoms with Crippen LogP contribution in [0, 0.1) is 20.8 Å². The van der Waals surface area contributed by atoms with Crippen molar-refractivity contribution < 1.29 is 9.47 Å². The molecule has 118 valence electrons. The number of nitrogens with zero attached hydrogens (tertiary/aromatic N) is 1. The van der Waals surface area contributed by atoms with Crippen molar-refractivity contribution in [3.63, 3.8) is 0 Å². The molecule has 0 N–H and O–H groups in total. The molecule has 0 radical (unpaired) electrons. The first-order valence-electron chi connectivity index (χ1n) is 8.17. The predicted octanol–water partition coefficient (Wildman–Crippen LogP) is 3.49. The zero-order valence-electron chi connectivity index (χ0n) is 13.8. The predicted molar refractivity (Wildman–Crippen MR) is 87.3 cm³/mol. The highest BCUT2D eigenvalue weighted by Crippen LogP contribution is 2.23. The third-order valence-electron chi connectivity index (χ3n) is 4.24. The van der Waals surface area contributed by atoms with Crippen molar-refractivity contribution in [3.8, 4) is 5.75 Å². The van der Waals surface area contributed by atoms with Crippen LogP contribution in [0.1, 0.15) is 36.0 Å². The van der Waals surface area contributed by atoms with Crippen LogP contribution >= 0.6 is 0 Å². The van der Waals surface area contributed by atoms with E-state index in [0.29, 0.717) is 0 Å². The van der Waals surface area contributed by atoms with E-state index < -0.39 is 0 Å². The van der Waals surface area contributed by atoms with Crippen molar-refractivity contribution in [2.24, 2.45) is 0 Å². The van der Waals surface area contributed by atoms with E-state index in [4.69, 9.17) is 9.47 Å². The fourth-order valence-electron chi connectivity index (χ4n) is 2.77. The molecule has 3 nitrogen and oxygen atoms in total. The van der Waals surface area contributed by atoms with Crippen LogP contribution in [0.15, 0.2) is 12.1 Å². The lowest BCUT2D eigenvalue weighted by Gasteiger charge is -2.26. The van der Waals surface area contributed by atoms with E-state index in [1.807, 2.05) is 0 Å². The molecule has 1 heterocycles. The van der Waals surface area contributed by atoms with Gasteiger partial charge >= 0.3 is 0 Å². The lowest BCUT2D eigenvalue weighted by molar-refractivity contribution is 0.0370. The van der Waals surface area contributed by atoms with Crippen LogP contribution in [-0.4, -0.2) is 44.4 Å². The molecule has 0 saturated carbocycles. The SMILES string of the molecule is Cc1cc(C)c(C)c(OCCCCCN2CCOCC2)c1. The van der Waals surface area contributed by atoms with Gasteiger partial charge in [0, 0.05) is 13.1 Å². The molecule has 3 heteroatoms. The summed E-state index contributed by atoms with van der Waals surface area (Å²) in [4.78, 5) is 2.50. The minimum absolute atomic E-state index is 0.826. The maximum Gasteiger partial charge on any atom is 0.122 e. The standard InChI is InChI=1S/C18H29NO2/c1-15-13-16(2)17(3)18(14-15)21-10-6-4-5-7-19-8-11-20-12-9-19/h13-14H,4-12H2,1-3H3. The second kappa shape index (κ2) is 8.40. The number of morpholine rings is 1. The minimum atomic E-state index is 0.826. The Labute approximate surface area is 129 Å². The van der Waals surface area contributed by atoms with Gasteiger partial charge in [0.05, 0.1) is 19.8 Å².